The third-order valence-corrected chi connectivity index (χ3v) is 3.41. The third-order valence-electron chi connectivity index (χ3n) is 3.41. The van der Waals surface area contributed by atoms with Crippen molar-refractivity contribution < 1.29 is 14.5 Å². The van der Waals surface area contributed by atoms with Gasteiger partial charge in [0.2, 0.25) is 0 Å². The molecule has 7 heteroatoms. The van der Waals surface area contributed by atoms with Gasteiger partial charge in [-0.1, -0.05) is 6.07 Å². The minimum Gasteiger partial charge on any atom is -0.381 e. The number of nitro benzene ring substituents is 1. The molecule has 1 heterocycles. The number of nitro groups is 1. The van der Waals surface area contributed by atoms with Crippen LogP contribution in [0.15, 0.2) is 18.2 Å². The second kappa shape index (κ2) is 7.03. The highest BCUT2D eigenvalue weighted by molar-refractivity contribution is 6.00. The fourth-order valence-corrected chi connectivity index (χ4v) is 2.33. The average molecular weight is 293 g/mol. The Hall–Kier alpha value is -2.15. The molecule has 1 saturated heterocycles. The van der Waals surface area contributed by atoms with E-state index in [1.54, 1.807) is 12.1 Å². The number of para-hydroxylation sites is 1. The second-order valence-electron chi connectivity index (χ2n) is 4.93. The molecule has 0 aliphatic carbocycles. The monoisotopic (exact) mass is 293 g/mol. The molecule has 0 radical (unpaired) electrons. The summed E-state index contributed by atoms with van der Waals surface area (Å²) >= 11 is 0. The van der Waals surface area contributed by atoms with Crippen LogP contribution in [-0.2, 0) is 4.74 Å². The van der Waals surface area contributed by atoms with Gasteiger partial charge in [-0.25, -0.2) is 0 Å². The van der Waals surface area contributed by atoms with Crippen LogP contribution in [0, 0.1) is 16.0 Å². The molecule has 0 saturated carbocycles. The van der Waals surface area contributed by atoms with Gasteiger partial charge in [-0.05, 0) is 25.5 Å². The van der Waals surface area contributed by atoms with Crippen molar-refractivity contribution in [2.45, 2.75) is 13.3 Å². The molecule has 0 spiro atoms. The van der Waals surface area contributed by atoms with Crippen LogP contribution < -0.4 is 10.6 Å². The summed E-state index contributed by atoms with van der Waals surface area (Å²) in [5, 5.41) is 16.9. The fraction of sp³-hybridized carbons (Fsp3) is 0.500. The Bertz CT molecular complexity index is 527. The molecule has 1 aliphatic rings. The zero-order valence-corrected chi connectivity index (χ0v) is 11.9. The van der Waals surface area contributed by atoms with Crippen LogP contribution in [0.1, 0.15) is 23.7 Å². The Labute approximate surface area is 122 Å². The van der Waals surface area contributed by atoms with E-state index in [0.29, 0.717) is 32.0 Å². The summed E-state index contributed by atoms with van der Waals surface area (Å²) in [6.07, 6.45) is 0.903. The van der Waals surface area contributed by atoms with Gasteiger partial charge in [-0.3, -0.25) is 14.9 Å². The lowest BCUT2D eigenvalue weighted by molar-refractivity contribution is -0.384. The number of anilines is 1. The van der Waals surface area contributed by atoms with Crippen molar-refractivity contribution in [2.75, 3.05) is 31.6 Å². The lowest BCUT2D eigenvalue weighted by atomic mass is 10.1. The summed E-state index contributed by atoms with van der Waals surface area (Å²) in [7, 11) is 0. The van der Waals surface area contributed by atoms with E-state index in [1.165, 1.54) is 6.07 Å². The van der Waals surface area contributed by atoms with Gasteiger partial charge in [0, 0.05) is 25.6 Å². The molecule has 1 fully saturated rings. The van der Waals surface area contributed by atoms with Crippen molar-refractivity contribution >= 4 is 17.3 Å². The van der Waals surface area contributed by atoms with E-state index in [-0.39, 0.29) is 17.2 Å². The Kier molecular flexibility index (Phi) is 5.10. The molecule has 0 bridgehead atoms. The topological polar surface area (TPSA) is 93.5 Å². The van der Waals surface area contributed by atoms with Crippen LogP contribution in [0.3, 0.4) is 0 Å². The summed E-state index contributed by atoms with van der Waals surface area (Å²) in [5.74, 6) is -0.140. The van der Waals surface area contributed by atoms with E-state index >= 15 is 0 Å². The van der Waals surface area contributed by atoms with E-state index in [9.17, 15) is 14.9 Å². The highest BCUT2D eigenvalue weighted by Gasteiger charge is 2.25. The number of nitrogens with zero attached hydrogens (tertiary/aromatic N) is 1. The molecule has 1 aromatic carbocycles. The van der Waals surface area contributed by atoms with Crippen LogP contribution in [0.2, 0.25) is 0 Å². The van der Waals surface area contributed by atoms with Crippen LogP contribution >= 0.6 is 0 Å². The van der Waals surface area contributed by atoms with Crippen LogP contribution in [0.4, 0.5) is 11.4 Å². The van der Waals surface area contributed by atoms with E-state index in [2.05, 4.69) is 10.6 Å². The first-order valence-corrected chi connectivity index (χ1v) is 7.00. The maximum atomic E-state index is 12.2. The van der Waals surface area contributed by atoms with Crippen molar-refractivity contribution in [2.24, 2.45) is 5.92 Å². The smallest absolute Gasteiger partial charge is 0.305 e. The summed E-state index contributed by atoms with van der Waals surface area (Å²) in [6, 6.07) is 4.71. The van der Waals surface area contributed by atoms with Gasteiger partial charge in [0.05, 0.1) is 11.5 Å². The quantitative estimate of drug-likeness (QED) is 0.616. The summed E-state index contributed by atoms with van der Waals surface area (Å²) in [6.45, 7) is 4.19. The van der Waals surface area contributed by atoms with Gasteiger partial charge in [0.25, 0.3) is 5.91 Å². The lowest BCUT2D eigenvalue weighted by Crippen LogP contribution is -2.30. The number of rotatable bonds is 6. The molecular formula is C14H19N3O4. The normalized spacial score (nSPS) is 17.5. The van der Waals surface area contributed by atoms with E-state index in [1.807, 2.05) is 6.92 Å². The molecule has 1 atom stereocenters. The molecule has 114 valence electrons. The van der Waals surface area contributed by atoms with Gasteiger partial charge in [0.15, 0.2) is 0 Å². The zero-order chi connectivity index (χ0) is 15.2. The number of ether oxygens (including phenoxy) is 1. The SMILES string of the molecule is CCNc1cccc(C(=O)NCC2CCOC2)c1[N+](=O)[O-]. The van der Waals surface area contributed by atoms with Gasteiger partial charge >= 0.3 is 5.69 Å². The summed E-state index contributed by atoms with van der Waals surface area (Å²) < 4.78 is 5.24. The van der Waals surface area contributed by atoms with Gasteiger partial charge in [-0.2, -0.15) is 0 Å². The first-order valence-electron chi connectivity index (χ1n) is 7.00. The first-order chi connectivity index (χ1) is 10.1. The Morgan fingerprint density at radius 2 is 2.33 bits per heavy atom. The fourth-order valence-electron chi connectivity index (χ4n) is 2.33. The average Bonchev–Trinajstić information content (AvgIpc) is 2.98. The molecular weight excluding hydrogens is 274 g/mol. The molecule has 2 N–H and O–H groups in total. The number of nitrogens with one attached hydrogen (secondary N) is 2. The predicted molar refractivity (Wildman–Crippen MR) is 78.5 cm³/mol. The second-order valence-corrected chi connectivity index (χ2v) is 4.93. The van der Waals surface area contributed by atoms with Crippen LogP contribution in [0.5, 0.6) is 0 Å². The zero-order valence-electron chi connectivity index (χ0n) is 11.9. The summed E-state index contributed by atoms with van der Waals surface area (Å²) in [5.41, 5.74) is 0.260. The van der Waals surface area contributed by atoms with Gasteiger partial charge in [-0.15, -0.1) is 0 Å². The summed E-state index contributed by atoms with van der Waals surface area (Å²) in [4.78, 5) is 22.9. The largest absolute Gasteiger partial charge is 0.381 e. The molecule has 1 unspecified atom stereocenters. The van der Waals surface area contributed by atoms with Crippen LogP contribution in [-0.4, -0.2) is 37.1 Å². The highest BCUT2D eigenvalue weighted by atomic mass is 16.6. The molecule has 1 aliphatic heterocycles. The Balaban J connectivity index is 2.15. The molecule has 1 aromatic rings. The van der Waals surface area contributed by atoms with Gasteiger partial charge < -0.3 is 15.4 Å². The highest BCUT2D eigenvalue weighted by Crippen LogP contribution is 2.28. The molecule has 7 nitrogen and oxygen atoms in total. The number of hydrogen-bond donors (Lipinski definition) is 2. The number of carbonyl (C=O) groups excluding carboxylic acids is 1. The third kappa shape index (κ3) is 3.69. The molecule has 1 amide bonds. The van der Waals surface area contributed by atoms with Crippen LogP contribution in [0.25, 0.3) is 0 Å². The van der Waals surface area contributed by atoms with E-state index in [0.717, 1.165) is 6.42 Å². The number of amides is 1. The lowest BCUT2D eigenvalue weighted by Gasteiger charge is -2.11. The molecule has 0 aromatic heterocycles. The molecule has 2 rings (SSSR count). The Morgan fingerprint density at radius 1 is 1.52 bits per heavy atom. The van der Waals surface area contributed by atoms with Crippen molar-refractivity contribution in [3.8, 4) is 0 Å². The number of carbonyl (C=O) groups is 1. The van der Waals surface area contributed by atoms with Crippen molar-refractivity contribution in [1.29, 1.82) is 0 Å². The van der Waals surface area contributed by atoms with Crippen molar-refractivity contribution in [1.82, 2.24) is 5.32 Å². The van der Waals surface area contributed by atoms with E-state index < -0.39 is 10.8 Å². The first kappa shape index (κ1) is 15.2. The Morgan fingerprint density at radius 3 is 2.95 bits per heavy atom. The van der Waals surface area contributed by atoms with Crippen molar-refractivity contribution in [3.63, 3.8) is 0 Å². The number of hydrogen-bond acceptors (Lipinski definition) is 5. The molecule has 21 heavy (non-hydrogen) atoms. The predicted octanol–water partition coefficient (Wildman–Crippen LogP) is 1.79. The van der Waals surface area contributed by atoms with Crippen molar-refractivity contribution in [3.05, 3.63) is 33.9 Å². The van der Waals surface area contributed by atoms with Gasteiger partial charge in [0.1, 0.15) is 11.3 Å². The maximum absolute atomic E-state index is 12.2. The van der Waals surface area contributed by atoms with E-state index in [4.69, 9.17) is 4.74 Å². The standard InChI is InChI=1S/C14H19N3O4/c1-2-15-12-5-3-4-11(13(12)17(19)20)14(18)16-8-10-6-7-21-9-10/h3-5,10,15H,2,6-9H2,1H3,(H,16,18). The minimum atomic E-state index is -0.522. The number of benzene rings is 1. The maximum Gasteiger partial charge on any atom is 0.305 e. The minimum absolute atomic E-state index is 0.0809.